The zero-order valence-electron chi connectivity index (χ0n) is 15.9. The molecule has 1 amide bonds. The predicted molar refractivity (Wildman–Crippen MR) is 112 cm³/mol. The Labute approximate surface area is 165 Å². The molecule has 0 unspecified atom stereocenters. The van der Waals surface area contributed by atoms with Crippen molar-refractivity contribution in [1.29, 1.82) is 0 Å². The Hall–Kier alpha value is -2.34. The highest BCUT2D eigenvalue weighted by atomic mass is 32.1. The molecular weight excluding hydrogens is 356 g/mol. The van der Waals surface area contributed by atoms with Gasteiger partial charge in [-0.05, 0) is 66.3 Å². The average Bonchev–Trinajstić information content (AvgIpc) is 3.24. The van der Waals surface area contributed by atoms with Crippen molar-refractivity contribution >= 4 is 23.2 Å². The highest BCUT2D eigenvalue weighted by Crippen LogP contribution is 2.14. The van der Waals surface area contributed by atoms with Gasteiger partial charge in [0.25, 0.3) is 5.91 Å². The molecule has 1 fully saturated rings. The van der Waals surface area contributed by atoms with Gasteiger partial charge in [-0.2, -0.15) is 11.3 Å². The summed E-state index contributed by atoms with van der Waals surface area (Å²) in [6.45, 7) is 5.99. The molecule has 0 atom stereocenters. The molecule has 1 aromatic carbocycles. The van der Waals surface area contributed by atoms with Crippen LogP contribution >= 0.6 is 11.3 Å². The van der Waals surface area contributed by atoms with Gasteiger partial charge < -0.3 is 15.5 Å². The Kier molecular flexibility index (Phi) is 7.27. The maximum Gasteiger partial charge on any atom is 0.253 e. The minimum Gasteiger partial charge on any atom is -0.357 e. The van der Waals surface area contributed by atoms with Gasteiger partial charge in [-0.15, -0.1) is 0 Å². The van der Waals surface area contributed by atoms with Crippen LogP contribution in [-0.4, -0.2) is 36.4 Å². The Morgan fingerprint density at radius 1 is 1.07 bits per heavy atom. The van der Waals surface area contributed by atoms with E-state index in [0.717, 1.165) is 49.6 Å². The minimum atomic E-state index is 0.153. The summed E-state index contributed by atoms with van der Waals surface area (Å²) in [5, 5.41) is 10.8. The van der Waals surface area contributed by atoms with Crippen molar-refractivity contribution in [2.75, 3.05) is 19.6 Å². The van der Waals surface area contributed by atoms with Gasteiger partial charge in [0.2, 0.25) is 0 Å². The molecule has 2 heterocycles. The van der Waals surface area contributed by atoms with Crippen molar-refractivity contribution in [2.24, 2.45) is 4.99 Å². The molecule has 1 aromatic heterocycles. The van der Waals surface area contributed by atoms with Crippen LogP contribution in [0.3, 0.4) is 0 Å². The first kappa shape index (κ1) is 19.4. The van der Waals surface area contributed by atoms with Crippen molar-refractivity contribution in [3.8, 4) is 0 Å². The summed E-state index contributed by atoms with van der Waals surface area (Å²) in [7, 11) is 0. The van der Waals surface area contributed by atoms with E-state index in [0.29, 0.717) is 13.1 Å². The number of amides is 1. The Morgan fingerprint density at radius 2 is 1.85 bits per heavy atom. The summed E-state index contributed by atoms with van der Waals surface area (Å²) in [5.74, 6) is 0.956. The second kappa shape index (κ2) is 10.1. The van der Waals surface area contributed by atoms with Gasteiger partial charge in [-0.3, -0.25) is 4.79 Å². The third-order valence-electron chi connectivity index (χ3n) is 4.65. The molecular formula is C21H28N4OS. The van der Waals surface area contributed by atoms with Gasteiger partial charge in [-0.25, -0.2) is 4.99 Å². The van der Waals surface area contributed by atoms with Crippen molar-refractivity contribution in [3.05, 3.63) is 57.8 Å². The molecule has 144 valence electrons. The van der Waals surface area contributed by atoms with Crippen LogP contribution in [0.15, 0.2) is 46.1 Å². The van der Waals surface area contributed by atoms with Crippen LogP contribution in [0.25, 0.3) is 0 Å². The smallest absolute Gasteiger partial charge is 0.253 e. The summed E-state index contributed by atoms with van der Waals surface area (Å²) in [6.07, 6.45) is 3.47. The number of carbonyl (C=O) groups is 1. The van der Waals surface area contributed by atoms with Gasteiger partial charge in [0, 0.05) is 31.7 Å². The van der Waals surface area contributed by atoms with E-state index in [2.05, 4.69) is 39.4 Å². The molecule has 2 N–H and O–H groups in total. The molecule has 27 heavy (non-hydrogen) atoms. The SMILES string of the molecule is CCNC(=NCc1ccsc1)NCc1ccc(C(=O)N2CCCCC2)cc1. The molecule has 0 radical (unpaired) electrons. The summed E-state index contributed by atoms with van der Waals surface area (Å²) >= 11 is 1.69. The minimum absolute atomic E-state index is 0.153. The second-order valence-corrected chi connectivity index (χ2v) is 7.51. The van der Waals surface area contributed by atoms with Crippen molar-refractivity contribution < 1.29 is 4.79 Å². The standard InChI is InChI=1S/C21H28N4OS/c1-2-22-21(24-15-18-10-13-27-16-18)23-14-17-6-8-19(9-7-17)20(26)25-11-4-3-5-12-25/h6-10,13,16H,2-5,11-12,14-15H2,1H3,(H2,22,23,24). The lowest BCUT2D eigenvalue weighted by Gasteiger charge is -2.26. The quantitative estimate of drug-likeness (QED) is 0.591. The Balaban J connectivity index is 1.54. The molecule has 3 rings (SSSR count). The lowest BCUT2D eigenvalue weighted by Crippen LogP contribution is -2.37. The normalized spacial score (nSPS) is 14.9. The monoisotopic (exact) mass is 384 g/mol. The molecule has 1 aliphatic heterocycles. The number of hydrogen-bond acceptors (Lipinski definition) is 3. The number of rotatable bonds is 6. The van der Waals surface area contributed by atoms with Gasteiger partial charge in [0.1, 0.15) is 0 Å². The number of aliphatic imine (C=N–C) groups is 1. The molecule has 2 aromatic rings. The third-order valence-corrected chi connectivity index (χ3v) is 5.38. The highest BCUT2D eigenvalue weighted by molar-refractivity contribution is 7.07. The van der Waals surface area contributed by atoms with Crippen LogP contribution in [0, 0.1) is 0 Å². The molecule has 6 heteroatoms. The van der Waals surface area contributed by atoms with Gasteiger partial charge >= 0.3 is 0 Å². The summed E-state index contributed by atoms with van der Waals surface area (Å²) in [5.41, 5.74) is 3.13. The summed E-state index contributed by atoms with van der Waals surface area (Å²) in [6, 6.07) is 10.0. The van der Waals surface area contributed by atoms with Gasteiger partial charge in [0.05, 0.1) is 6.54 Å². The predicted octanol–water partition coefficient (Wildman–Crippen LogP) is 3.63. The van der Waals surface area contributed by atoms with Crippen LogP contribution in [-0.2, 0) is 13.1 Å². The zero-order chi connectivity index (χ0) is 18.9. The number of nitrogens with one attached hydrogen (secondary N) is 2. The Morgan fingerprint density at radius 3 is 2.52 bits per heavy atom. The van der Waals surface area contributed by atoms with E-state index in [9.17, 15) is 4.79 Å². The van der Waals surface area contributed by atoms with E-state index in [4.69, 9.17) is 0 Å². The van der Waals surface area contributed by atoms with Crippen molar-refractivity contribution in [2.45, 2.75) is 39.3 Å². The van der Waals surface area contributed by atoms with Crippen molar-refractivity contribution in [3.63, 3.8) is 0 Å². The first-order chi connectivity index (χ1) is 13.3. The lowest BCUT2D eigenvalue weighted by atomic mass is 10.1. The average molecular weight is 385 g/mol. The van der Waals surface area contributed by atoms with Crippen LogP contribution < -0.4 is 10.6 Å². The Bertz CT molecular complexity index is 734. The molecule has 1 saturated heterocycles. The lowest BCUT2D eigenvalue weighted by molar-refractivity contribution is 0.0724. The van der Waals surface area contributed by atoms with E-state index in [1.54, 1.807) is 11.3 Å². The van der Waals surface area contributed by atoms with E-state index >= 15 is 0 Å². The number of nitrogens with zero attached hydrogens (tertiary/aromatic N) is 2. The number of likely N-dealkylation sites (tertiary alicyclic amines) is 1. The first-order valence-corrected chi connectivity index (χ1v) is 10.6. The van der Waals surface area contributed by atoms with Crippen LogP contribution in [0.5, 0.6) is 0 Å². The molecule has 0 saturated carbocycles. The fourth-order valence-electron chi connectivity index (χ4n) is 3.13. The fraction of sp³-hybridized carbons (Fsp3) is 0.429. The topological polar surface area (TPSA) is 56.7 Å². The van der Waals surface area contributed by atoms with E-state index in [1.807, 2.05) is 29.2 Å². The van der Waals surface area contributed by atoms with Gasteiger partial charge in [0.15, 0.2) is 5.96 Å². The maximum absolute atomic E-state index is 12.5. The molecule has 5 nitrogen and oxygen atoms in total. The van der Waals surface area contributed by atoms with E-state index in [1.165, 1.54) is 12.0 Å². The fourth-order valence-corrected chi connectivity index (χ4v) is 3.79. The second-order valence-electron chi connectivity index (χ2n) is 6.73. The number of thiophene rings is 1. The number of carbonyl (C=O) groups excluding carboxylic acids is 1. The maximum atomic E-state index is 12.5. The molecule has 1 aliphatic rings. The molecule has 0 aliphatic carbocycles. The van der Waals surface area contributed by atoms with Gasteiger partial charge in [-0.1, -0.05) is 12.1 Å². The largest absolute Gasteiger partial charge is 0.357 e. The van der Waals surface area contributed by atoms with Crippen LogP contribution in [0.4, 0.5) is 0 Å². The molecule has 0 bridgehead atoms. The zero-order valence-corrected chi connectivity index (χ0v) is 16.7. The third kappa shape index (κ3) is 5.82. The van der Waals surface area contributed by atoms with Crippen LogP contribution in [0.2, 0.25) is 0 Å². The van der Waals surface area contributed by atoms with Crippen molar-refractivity contribution in [1.82, 2.24) is 15.5 Å². The summed E-state index contributed by atoms with van der Waals surface area (Å²) < 4.78 is 0. The number of benzene rings is 1. The first-order valence-electron chi connectivity index (χ1n) is 9.67. The van der Waals surface area contributed by atoms with Crippen LogP contribution in [0.1, 0.15) is 47.7 Å². The molecule has 0 spiro atoms. The number of piperidine rings is 1. The van der Waals surface area contributed by atoms with E-state index in [-0.39, 0.29) is 5.91 Å². The summed E-state index contributed by atoms with van der Waals surface area (Å²) in [4.78, 5) is 19.1. The number of hydrogen-bond donors (Lipinski definition) is 2. The number of guanidine groups is 1. The van der Waals surface area contributed by atoms with E-state index < -0.39 is 0 Å². The highest BCUT2D eigenvalue weighted by Gasteiger charge is 2.17.